The van der Waals surface area contributed by atoms with Crippen LogP contribution in [0.25, 0.3) is 6.08 Å². The van der Waals surface area contributed by atoms with Crippen LogP contribution in [0.3, 0.4) is 0 Å². The molecule has 12 heavy (non-hydrogen) atoms. The maximum atomic E-state index is 10.2. The van der Waals surface area contributed by atoms with Gasteiger partial charge in [-0.15, -0.1) is 11.3 Å². The second kappa shape index (κ2) is 3.54. The van der Waals surface area contributed by atoms with Crippen molar-refractivity contribution in [3.63, 3.8) is 0 Å². The van der Waals surface area contributed by atoms with Gasteiger partial charge in [-0.25, -0.2) is 4.79 Å². The maximum absolute atomic E-state index is 10.2. The number of carboxylic acids is 1. The Balaban J connectivity index is 2.89. The molecule has 0 aromatic carbocycles. The summed E-state index contributed by atoms with van der Waals surface area (Å²) in [6, 6.07) is 1.99. The molecule has 0 radical (unpaired) electrons. The Bertz CT molecular complexity index is 323. The second-order valence-corrected chi connectivity index (χ2v) is 4.00. The highest BCUT2D eigenvalue weighted by molar-refractivity contribution is 7.12. The van der Waals surface area contributed by atoms with E-state index in [2.05, 4.69) is 0 Å². The van der Waals surface area contributed by atoms with E-state index in [0.29, 0.717) is 0 Å². The molecule has 1 aromatic rings. The Hall–Kier alpha value is -1.09. The summed E-state index contributed by atoms with van der Waals surface area (Å²) in [4.78, 5) is 12.6. The van der Waals surface area contributed by atoms with Gasteiger partial charge in [-0.1, -0.05) is 0 Å². The molecule has 0 spiro atoms. The van der Waals surface area contributed by atoms with Crippen molar-refractivity contribution in [1.29, 1.82) is 0 Å². The molecule has 2 nitrogen and oxygen atoms in total. The number of aliphatic carboxylic acids is 1. The minimum Gasteiger partial charge on any atom is -0.478 e. The number of thiophene rings is 1. The lowest BCUT2D eigenvalue weighted by molar-refractivity contribution is -0.131. The zero-order valence-electron chi connectivity index (χ0n) is 7.00. The Morgan fingerprint density at radius 3 is 2.67 bits per heavy atom. The summed E-state index contributed by atoms with van der Waals surface area (Å²) in [7, 11) is 0. The fraction of sp³-hybridized carbons (Fsp3) is 0.222. The first-order chi connectivity index (χ1) is 5.59. The normalized spacial score (nSPS) is 10.8. The molecule has 64 valence electrons. The first kappa shape index (κ1) is 9.00. The maximum Gasteiger partial charge on any atom is 0.328 e. The highest BCUT2D eigenvalue weighted by Crippen LogP contribution is 2.21. The molecule has 1 rings (SSSR count). The van der Waals surface area contributed by atoms with Crippen molar-refractivity contribution in [1.82, 2.24) is 0 Å². The summed E-state index contributed by atoms with van der Waals surface area (Å²) in [6.45, 7) is 4.00. The van der Waals surface area contributed by atoms with Gasteiger partial charge in [0.25, 0.3) is 0 Å². The summed E-state index contributed by atoms with van der Waals surface area (Å²) in [5.74, 6) is -0.904. The second-order valence-electron chi connectivity index (χ2n) is 2.54. The molecule has 0 aliphatic heterocycles. The minimum atomic E-state index is -0.904. The molecule has 0 bridgehead atoms. The molecular formula is C9H10O2S. The molecule has 3 heteroatoms. The van der Waals surface area contributed by atoms with E-state index < -0.39 is 5.97 Å². The summed E-state index contributed by atoms with van der Waals surface area (Å²) < 4.78 is 0. The van der Waals surface area contributed by atoms with Crippen molar-refractivity contribution < 1.29 is 9.90 Å². The van der Waals surface area contributed by atoms with Crippen molar-refractivity contribution in [3.8, 4) is 0 Å². The number of hydrogen-bond donors (Lipinski definition) is 1. The van der Waals surface area contributed by atoms with Crippen LogP contribution in [0.5, 0.6) is 0 Å². The molecular weight excluding hydrogens is 172 g/mol. The average molecular weight is 182 g/mol. The van der Waals surface area contributed by atoms with E-state index in [0.717, 1.165) is 16.5 Å². The average Bonchev–Trinajstić information content (AvgIpc) is 2.26. The Labute approximate surface area is 75.2 Å². The Morgan fingerprint density at radius 1 is 1.58 bits per heavy atom. The van der Waals surface area contributed by atoms with Gasteiger partial charge in [-0.05, 0) is 31.6 Å². The number of aryl methyl sites for hydroxylation is 2. The van der Waals surface area contributed by atoms with Gasteiger partial charge < -0.3 is 5.11 Å². The first-order valence-electron chi connectivity index (χ1n) is 3.57. The fourth-order valence-corrected chi connectivity index (χ4v) is 1.89. The molecule has 0 amide bonds. The summed E-state index contributed by atoms with van der Waals surface area (Å²) in [6.07, 6.45) is 2.79. The highest BCUT2D eigenvalue weighted by atomic mass is 32.1. The Kier molecular flexibility index (Phi) is 2.65. The molecule has 1 N–H and O–H groups in total. The van der Waals surface area contributed by atoms with Gasteiger partial charge in [-0.3, -0.25) is 0 Å². The predicted octanol–water partition coefficient (Wildman–Crippen LogP) is 2.46. The monoisotopic (exact) mass is 182 g/mol. The first-order valence-corrected chi connectivity index (χ1v) is 4.39. The van der Waals surface area contributed by atoms with E-state index in [4.69, 9.17) is 5.11 Å². The van der Waals surface area contributed by atoms with Crippen molar-refractivity contribution in [3.05, 3.63) is 27.5 Å². The van der Waals surface area contributed by atoms with Crippen LogP contribution in [0, 0.1) is 13.8 Å². The van der Waals surface area contributed by atoms with E-state index >= 15 is 0 Å². The van der Waals surface area contributed by atoms with Crippen molar-refractivity contribution in [2.45, 2.75) is 13.8 Å². The van der Waals surface area contributed by atoms with Crippen LogP contribution in [0.15, 0.2) is 12.1 Å². The van der Waals surface area contributed by atoms with Crippen LogP contribution in [-0.4, -0.2) is 11.1 Å². The van der Waals surface area contributed by atoms with Gasteiger partial charge in [0.2, 0.25) is 0 Å². The number of carbonyl (C=O) groups is 1. The molecule has 1 heterocycles. The third kappa shape index (κ3) is 2.20. The van der Waals surface area contributed by atoms with E-state index in [1.807, 2.05) is 19.9 Å². The minimum absolute atomic E-state index is 0.904. The molecule has 0 unspecified atom stereocenters. The molecule has 0 atom stereocenters. The van der Waals surface area contributed by atoms with E-state index in [9.17, 15) is 4.79 Å². The summed E-state index contributed by atoms with van der Waals surface area (Å²) >= 11 is 1.68. The third-order valence-electron chi connectivity index (χ3n) is 1.48. The van der Waals surface area contributed by atoms with Crippen molar-refractivity contribution in [2.24, 2.45) is 0 Å². The third-order valence-corrected chi connectivity index (χ3v) is 2.47. The van der Waals surface area contributed by atoms with Crippen molar-refractivity contribution >= 4 is 23.4 Å². The topological polar surface area (TPSA) is 37.3 Å². The lowest BCUT2D eigenvalue weighted by Crippen LogP contribution is -1.85. The molecule has 0 saturated heterocycles. The van der Waals surface area contributed by atoms with Crippen LogP contribution in [-0.2, 0) is 4.79 Å². The van der Waals surface area contributed by atoms with E-state index in [1.54, 1.807) is 17.4 Å². The largest absolute Gasteiger partial charge is 0.478 e. The van der Waals surface area contributed by atoms with Gasteiger partial charge >= 0.3 is 5.97 Å². The van der Waals surface area contributed by atoms with Crippen LogP contribution >= 0.6 is 11.3 Å². The Morgan fingerprint density at radius 2 is 2.25 bits per heavy atom. The number of hydrogen-bond acceptors (Lipinski definition) is 2. The van der Waals surface area contributed by atoms with Crippen LogP contribution in [0.1, 0.15) is 15.3 Å². The SMILES string of the molecule is Cc1cc(/C=C\C(=O)O)c(C)s1. The van der Waals surface area contributed by atoms with Crippen LogP contribution < -0.4 is 0 Å². The van der Waals surface area contributed by atoms with Crippen LogP contribution in [0.2, 0.25) is 0 Å². The van der Waals surface area contributed by atoms with Crippen molar-refractivity contribution in [2.75, 3.05) is 0 Å². The van der Waals surface area contributed by atoms with Crippen LogP contribution in [0.4, 0.5) is 0 Å². The van der Waals surface area contributed by atoms with Gasteiger partial charge in [0.05, 0.1) is 0 Å². The lowest BCUT2D eigenvalue weighted by Gasteiger charge is -1.86. The predicted molar refractivity (Wildman–Crippen MR) is 50.5 cm³/mol. The van der Waals surface area contributed by atoms with Gasteiger partial charge in [-0.2, -0.15) is 0 Å². The zero-order chi connectivity index (χ0) is 9.14. The smallest absolute Gasteiger partial charge is 0.328 e. The van der Waals surface area contributed by atoms with E-state index in [1.165, 1.54) is 4.88 Å². The molecule has 0 aliphatic carbocycles. The van der Waals surface area contributed by atoms with Gasteiger partial charge in [0.1, 0.15) is 0 Å². The number of rotatable bonds is 2. The summed E-state index contributed by atoms with van der Waals surface area (Å²) in [5.41, 5.74) is 1.000. The standard InChI is InChI=1S/C9H10O2S/c1-6-5-8(7(2)12-6)3-4-9(10)11/h3-5H,1-2H3,(H,10,11)/b4-3-. The van der Waals surface area contributed by atoms with Gasteiger partial charge in [0.15, 0.2) is 0 Å². The van der Waals surface area contributed by atoms with E-state index in [-0.39, 0.29) is 0 Å². The quantitative estimate of drug-likeness (QED) is 0.713. The molecule has 0 saturated carbocycles. The fourth-order valence-electron chi connectivity index (χ4n) is 0.977. The summed E-state index contributed by atoms with van der Waals surface area (Å²) in [5, 5.41) is 8.39. The lowest BCUT2D eigenvalue weighted by atomic mass is 10.2. The highest BCUT2D eigenvalue weighted by Gasteiger charge is 1.98. The zero-order valence-corrected chi connectivity index (χ0v) is 7.81. The molecule has 0 aliphatic rings. The van der Waals surface area contributed by atoms with Gasteiger partial charge in [0, 0.05) is 15.8 Å². The number of carboxylic acid groups (broad SMARTS) is 1. The molecule has 0 fully saturated rings. The molecule has 1 aromatic heterocycles.